The van der Waals surface area contributed by atoms with Gasteiger partial charge in [-0.25, -0.2) is 0 Å². The summed E-state index contributed by atoms with van der Waals surface area (Å²) in [5.41, 5.74) is 7.29. The zero-order chi connectivity index (χ0) is 22.8. The number of nitrogens with zero attached hydrogens (tertiary/aromatic N) is 3. The fourth-order valence-corrected chi connectivity index (χ4v) is 4.13. The lowest BCUT2D eigenvalue weighted by Gasteiger charge is -2.26. The average molecular weight is 444 g/mol. The summed E-state index contributed by atoms with van der Waals surface area (Å²) in [6, 6.07) is 16.5. The molecule has 0 spiro atoms. The number of nitrogens with two attached hydrogens (primary N) is 1. The van der Waals surface area contributed by atoms with Gasteiger partial charge in [-0.1, -0.05) is 18.2 Å². The number of benzene rings is 2. The van der Waals surface area contributed by atoms with Gasteiger partial charge in [0.05, 0.1) is 11.5 Å². The summed E-state index contributed by atoms with van der Waals surface area (Å²) in [5.74, 6) is 0.991. The molecule has 2 amide bonds. The third-order valence-electron chi connectivity index (χ3n) is 5.77. The van der Waals surface area contributed by atoms with Crippen molar-refractivity contribution in [3.8, 4) is 11.5 Å². The number of anilines is 4. The summed E-state index contributed by atoms with van der Waals surface area (Å²) in [6.45, 7) is 1.69. The average Bonchev–Trinajstić information content (AvgIpc) is 3.35. The SMILES string of the molecule is Nc1nc(N2CCCC2)nc2c1C(C(=O)Nc1ccc(Oc3ccccc3)cc1)CC(=O)N2. The van der Waals surface area contributed by atoms with E-state index in [1.54, 1.807) is 24.3 Å². The van der Waals surface area contributed by atoms with Gasteiger partial charge in [0.2, 0.25) is 17.8 Å². The maximum Gasteiger partial charge on any atom is 0.232 e. The number of nitrogens with one attached hydrogen (secondary N) is 2. The first-order chi connectivity index (χ1) is 16.1. The number of rotatable bonds is 5. The Morgan fingerprint density at radius 1 is 1.03 bits per heavy atom. The Labute approximate surface area is 191 Å². The smallest absolute Gasteiger partial charge is 0.232 e. The number of ether oxygens (including phenoxy) is 1. The van der Waals surface area contributed by atoms with Crippen molar-refractivity contribution in [2.24, 2.45) is 0 Å². The molecule has 2 aliphatic heterocycles. The number of aromatic nitrogens is 2. The molecule has 168 valence electrons. The van der Waals surface area contributed by atoms with Crippen LogP contribution in [0.25, 0.3) is 0 Å². The number of carbonyl (C=O) groups excluding carboxylic acids is 2. The fraction of sp³-hybridized carbons (Fsp3) is 0.250. The van der Waals surface area contributed by atoms with E-state index in [1.165, 1.54) is 0 Å². The van der Waals surface area contributed by atoms with E-state index in [-0.39, 0.29) is 24.1 Å². The lowest BCUT2D eigenvalue weighted by Crippen LogP contribution is -2.33. The van der Waals surface area contributed by atoms with Crippen LogP contribution in [0.2, 0.25) is 0 Å². The van der Waals surface area contributed by atoms with E-state index in [9.17, 15) is 9.59 Å². The van der Waals surface area contributed by atoms with E-state index in [2.05, 4.69) is 20.6 Å². The number of hydrogen-bond donors (Lipinski definition) is 3. The van der Waals surface area contributed by atoms with Gasteiger partial charge in [-0.15, -0.1) is 0 Å². The molecule has 9 nitrogen and oxygen atoms in total. The Balaban J connectivity index is 1.33. The molecule has 1 fully saturated rings. The molecule has 33 heavy (non-hydrogen) atoms. The number of hydrogen-bond acceptors (Lipinski definition) is 7. The Bertz CT molecular complexity index is 1180. The number of amides is 2. The largest absolute Gasteiger partial charge is 0.457 e. The van der Waals surface area contributed by atoms with Crippen LogP contribution < -0.4 is 26.0 Å². The molecular weight excluding hydrogens is 420 g/mol. The van der Waals surface area contributed by atoms with E-state index in [0.29, 0.717) is 28.8 Å². The minimum absolute atomic E-state index is 0.0232. The summed E-state index contributed by atoms with van der Waals surface area (Å²) in [5, 5.41) is 5.62. The summed E-state index contributed by atoms with van der Waals surface area (Å²) < 4.78 is 5.78. The molecule has 0 saturated carbocycles. The van der Waals surface area contributed by atoms with Crippen LogP contribution >= 0.6 is 0 Å². The molecule has 1 unspecified atom stereocenters. The quantitative estimate of drug-likeness (QED) is 0.550. The lowest BCUT2D eigenvalue weighted by atomic mass is 9.92. The van der Waals surface area contributed by atoms with Crippen molar-refractivity contribution >= 4 is 35.1 Å². The van der Waals surface area contributed by atoms with Crippen LogP contribution in [0.1, 0.15) is 30.7 Å². The molecule has 3 aromatic rings. The van der Waals surface area contributed by atoms with E-state index in [0.717, 1.165) is 31.7 Å². The number of para-hydroxylation sites is 1. The molecule has 2 aromatic carbocycles. The Hall–Kier alpha value is -4.14. The molecule has 1 atom stereocenters. The van der Waals surface area contributed by atoms with Gasteiger partial charge in [0.1, 0.15) is 23.1 Å². The van der Waals surface area contributed by atoms with Crippen molar-refractivity contribution in [3.05, 3.63) is 60.2 Å². The Morgan fingerprint density at radius 3 is 2.45 bits per heavy atom. The number of carbonyl (C=O) groups is 2. The van der Waals surface area contributed by atoms with Crippen LogP contribution in [0, 0.1) is 0 Å². The Morgan fingerprint density at radius 2 is 1.73 bits per heavy atom. The second-order valence-corrected chi connectivity index (χ2v) is 8.10. The molecule has 0 radical (unpaired) electrons. The van der Waals surface area contributed by atoms with Crippen molar-refractivity contribution in [3.63, 3.8) is 0 Å². The first-order valence-corrected chi connectivity index (χ1v) is 10.9. The molecule has 3 heterocycles. The van der Waals surface area contributed by atoms with E-state index in [1.807, 2.05) is 35.2 Å². The van der Waals surface area contributed by atoms with Crippen molar-refractivity contribution in [1.29, 1.82) is 0 Å². The van der Waals surface area contributed by atoms with Crippen molar-refractivity contribution < 1.29 is 14.3 Å². The molecule has 5 rings (SSSR count). The van der Waals surface area contributed by atoms with Gasteiger partial charge in [-0.05, 0) is 49.2 Å². The van der Waals surface area contributed by atoms with Crippen LogP contribution in [0.4, 0.5) is 23.3 Å². The highest BCUT2D eigenvalue weighted by atomic mass is 16.5. The van der Waals surface area contributed by atoms with Gasteiger partial charge in [-0.3, -0.25) is 9.59 Å². The van der Waals surface area contributed by atoms with Crippen LogP contribution in [0.15, 0.2) is 54.6 Å². The molecule has 1 saturated heterocycles. The van der Waals surface area contributed by atoms with Gasteiger partial charge in [-0.2, -0.15) is 9.97 Å². The molecule has 0 bridgehead atoms. The van der Waals surface area contributed by atoms with Crippen LogP contribution in [-0.4, -0.2) is 34.9 Å². The van der Waals surface area contributed by atoms with Crippen LogP contribution in [0.3, 0.4) is 0 Å². The monoisotopic (exact) mass is 444 g/mol. The molecule has 2 aliphatic rings. The highest BCUT2D eigenvalue weighted by molar-refractivity contribution is 6.05. The van der Waals surface area contributed by atoms with E-state index < -0.39 is 5.92 Å². The topological polar surface area (TPSA) is 122 Å². The second kappa shape index (κ2) is 8.78. The highest BCUT2D eigenvalue weighted by Gasteiger charge is 2.35. The zero-order valence-electron chi connectivity index (χ0n) is 18.0. The van der Waals surface area contributed by atoms with Crippen molar-refractivity contribution in [2.75, 3.05) is 34.4 Å². The summed E-state index contributed by atoms with van der Waals surface area (Å²) in [6.07, 6.45) is 2.10. The van der Waals surface area contributed by atoms with Gasteiger partial charge in [0.15, 0.2) is 0 Å². The predicted molar refractivity (Wildman–Crippen MR) is 125 cm³/mol. The highest BCUT2D eigenvalue weighted by Crippen LogP contribution is 2.37. The summed E-state index contributed by atoms with van der Waals surface area (Å²) in [7, 11) is 0. The standard InChI is InChI=1S/C24H24N6O3/c25-21-20-18(14-19(31)27-22(20)29-24(28-21)30-12-4-5-13-30)23(32)26-15-8-10-17(11-9-15)33-16-6-2-1-3-7-16/h1-3,6-11,18H,4-5,12-14H2,(H,26,32)(H3,25,27,28,29,31). The lowest BCUT2D eigenvalue weighted by molar-refractivity contribution is -0.123. The minimum atomic E-state index is -0.776. The molecule has 4 N–H and O–H groups in total. The maximum absolute atomic E-state index is 13.1. The molecular formula is C24H24N6O3. The second-order valence-electron chi connectivity index (χ2n) is 8.10. The minimum Gasteiger partial charge on any atom is -0.457 e. The van der Waals surface area contributed by atoms with Crippen molar-refractivity contribution in [2.45, 2.75) is 25.2 Å². The zero-order valence-corrected chi connectivity index (χ0v) is 18.0. The normalized spacial score (nSPS) is 17.3. The van der Waals surface area contributed by atoms with Gasteiger partial charge < -0.3 is 26.0 Å². The van der Waals surface area contributed by atoms with E-state index in [4.69, 9.17) is 10.5 Å². The maximum atomic E-state index is 13.1. The third kappa shape index (κ3) is 4.43. The predicted octanol–water partition coefficient (Wildman–Crippen LogP) is 3.52. The summed E-state index contributed by atoms with van der Waals surface area (Å²) in [4.78, 5) is 36.4. The molecule has 0 aliphatic carbocycles. The van der Waals surface area contributed by atoms with Gasteiger partial charge >= 0.3 is 0 Å². The van der Waals surface area contributed by atoms with Gasteiger partial charge in [0, 0.05) is 25.2 Å². The first kappa shape index (κ1) is 20.7. The van der Waals surface area contributed by atoms with E-state index >= 15 is 0 Å². The molecule has 1 aromatic heterocycles. The molecule has 9 heteroatoms. The van der Waals surface area contributed by atoms with Crippen LogP contribution in [-0.2, 0) is 9.59 Å². The Kier molecular flexibility index (Phi) is 5.52. The van der Waals surface area contributed by atoms with Crippen molar-refractivity contribution in [1.82, 2.24) is 9.97 Å². The van der Waals surface area contributed by atoms with Crippen LogP contribution in [0.5, 0.6) is 11.5 Å². The fourth-order valence-electron chi connectivity index (χ4n) is 4.13. The first-order valence-electron chi connectivity index (χ1n) is 10.9. The number of fused-ring (bicyclic) bond motifs is 1. The summed E-state index contributed by atoms with van der Waals surface area (Å²) >= 11 is 0. The third-order valence-corrected chi connectivity index (χ3v) is 5.77. The van der Waals surface area contributed by atoms with Gasteiger partial charge in [0.25, 0.3) is 0 Å². The number of nitrogen functional groups attached to an aromatic ring is 1.